The molecular formula is C14H18BrN3O3. The summed E-state index contributed by atoms with van der Waals surface area (Å²) in [6.07, 6.45) is 1.60. The minimum absolute atomic E-state index is 0.124. The molecule has 0 aromatic heterocycles. The minimum Gasteiger partial charge on any atom is -0.496 e. The van der Waals surface area contributed by atoms with Crippen LogP contribution in [0.1, 0.15) is 5.56 Å². The topological polar surface area (TPSA) is 63.2 Å². The molecule has 1 aliphatic rings. The van der Waals surface area contributed by atoms with Crippen LogP contribution in [0.2, 0.25) is 0 Å². The Morgan fingerprint density at radius 3 is 2.95 bits per heavy atom. The summed E-state index contributed by atoms with van der Waals surface area (Å²) in [5.74, 6) is 0.629. The SMILES string of the molecule is COc1ccc(/C=N\NC(=O)CN2CCOCC2)cc1Br. The first-order chi connectivity index (χ1) is 10.2. The molecule has 0 unspecified atom stereocenters. The molecule has 21 heavy (non-hydrogen) atoms. The normalized spacial score (nSPS) is 16.1. The molecule has 0 spiro atoms. The second kappa shape index (κ2) is 8.11. The third kappa shape index (κ3) is 5.11. The number of carbonyl (C=O) groups is 1. The van der Waals surface area contributed by atoms with Crippen LogP contribution in [0.15, 0.2) is 27.8 Å². The Morgan fingerprint density at radius 1 is 1.52 bits per heavy atom. The van der Waals surface area contributed by atoms with Crippen LogP contribution in [-0.2, 0) is 9.53 Å². The Kier molecular flexibility index (Phi) is 6.16. The van der Waals surface area contributed by atoms with Crippen LogP contribution in [-0.4, -0.2) is 57.0 Å². The molecule has 114 valence electrons. The monoisotopic (exact) mass is 355 g/mol. The van der Waals surface area contributed by atoms with E-state index in [4.69, 9.17) is 9.47 Å². The van der Waals surface area contributed by atoms with Gasteiger partial charge in [0, 0.05) is 13.1 Å². The first-order valence-corrected chi connectivity index (χ1v) is 7.44. The summed E-state index contributed by atoms with van der Waals surface area (Å²) in [5.41, 5.74) is 3.40. The highest BCUT2D eigenvalue weighted by atomic mass is 79.9. The fraction of sp³-hybridized carbons (Fsp3) is 0.429. The number of nitrogens with one attached hydrogen (secondary N) is 1. The number of halogens is 1. The third-order valence-electron chi connectivity index (χ3n) is 3.05. The molecule has 7 heteroatoms. The molecule has 1 aromatic rings. The first-order valence-electron chi connectivity index (χ1n) is 6.64. The number of hydrogen-bond acceptors (Lipinski definition) is 5. The zero-order valence-corrected chi connectivity index (χ0v) is 13.4. The highest BCUT2D eigenvalue weighted by Crippen LogP contribution is 2.24. The van der Waals surface area contributed by atoms with Gasteiger partial charge in [0.25, 0.3) is 5.91 Å². The van der Waals surface area contributed by atoms with Crippen LogP contribution in [0.5, 0.6) is 5.75 Å². The van der Waals surface area contributed by atoms with E-state index in [1.165, 1.54) is 0 Å². The van der Waals surface area contributed by atoms with E-state index in [1.807, 2.05) is 23.1 Å². The van der Waals surface area contributed by atoms with Crippen molar-refractivity contribution in [3.8, 4) is 5.75 Å². The van der Waals surface area contributed by atoms with E-state index in [-0.39, 0.29) is 5.91 Å². The molecule has 0 atom stereocenters. The molecule has 1 N–H and O–H groups in total. The summed E-state index contributed by atoms with van der Waals surface area (Å²) in [6.45, 7) is 3.25. The van der Waals surface area contributed by atoms with Crippen LogP contribution in [0, 0.1) is 0 Å². The third-order valence-corrected chi connectivity index (χ3v) is 3.67. The lowest BCUT2D eigenvalue weighted by atomic mass is 10.2. The first kappa shape index (κ1) is 15.9. The summed E-state index contributed by atoms with van der Waals surface area (Å²) in [5, 5.41) is 3.96. The van der Waals surface area contributed by atoms with E-state index in [9.17, 15) is 4.79 Å². The van der Waals surface area contributed by atoms with E-state index < -0.39 is 0 Å². The van der Waals surface area contributed by atoms with Crippen molar-refractivity contribution in [3.63, 3.8) is 0 Å². The van der Waals surface area contributed by atoms with Crippen LogP contribution < -0.4 is 10.2 Å². The van der Waals surface area contributed by atoms with Crippen LogP contribution in [0.3, 0.4) is 0 Å². The number of morpholine rings is 1. The summed E-state index contributed by atoms with van der Waals surface area (Å²) in [6, 6.07) is 5.57. The van der Waals surface area contributed by atoms with Crippen LogP contribution in [0.25, 0.3) is 0 Å². The molecule has 0 saturated carbocycles. The van der Waals surface area contributed by atoms with Crippen molar-refractivity contribution in [2.45, 2.75) is 0 Å². The van der Waals surface area contributed by atoms with Gasteiger partial charge >= 0.3 is 0 Å². The summed E-state index contributed by atoms with van der Waals surface area (Å²) in [7, 11) is 1.61. The van der Waals surface area contributed by atoms with E-state index in [1.54, 1.807) is 13.3 Å². The van der Waals surface area contributed by atoms with E-state index in [0.717, 1.165) is 28.9 Å². The van der Waals surface area contributed by atoms with Crippen molar-refractivity contribution < 1.29 is 14.3 Å². The van der Waals surface area contributed by atoms with Crippen molar-refractivity contribution in [3.05, 3.63) is 28.2 Å². The van der Waals surface area contributed by atoms with E-state index in [0.29, 0.717) is 19.8 Å². The maximum Gasteiger partial charge on any atom is 0.254 e. The summed E-state index contributed by atoms with van der Waals surface area (Å²) < 4.78 is 11.2. The lowest BCUT2D eigenvalue weighted by Crippen LogP contribution is -2.42. The second-order valence-electron chi connectivity index (χ2n) is 4.58. The van der Waals surface area contributed by atoms with Gasteiger partial charge in [-0.3, -0.25) is 9.69 Å². The fourth-order valence-corrected chi connectivity index (χ4v) is 2.50. The molecule has 1 aromatic carbocycles. The molecule has 6 nitrogen and oxygen atoms in total. The predicted molar refractivity (Wildman–Crippen MR) is 83.7 cm³/mol. The molecule has 2 rings (SSSR count). The molecule has 1 heterocycles. The molecule has 1 amide bonds. The number of rotatable bonds is 5. The Hall–Kier alpha value is -1.44. The van der Waals surface area contributed by atoms with Gasteiger partial charge in [-0.05, 0) is 39.7 Å². The smallest absolute Gasteiger partial charge is 0.254 e. The average Bonchev–Trinajstić information content (AvgIpc) is 2.48. The molecule has 1 saturated heterocycles. The quantitative estimate of drug-likeness (QED) is 0.637. The van der Waals surface area contributed by atoms with Gasteiger partial charge in [-0.1, -0.05) is 0 Å². The van der Waals surface area contributed by atoms with E-state index in [2.05, 4.69) is 26.5 Å². The van der Waals surface area contributed by atoms with Crippen molar-refractivity contribution in [1.29, 1.82) is 0 Å². The largest absolute Gasteiger partial charge is 0.496 e. The van der Waals surface area contributed by atoms with Crippen molar-refractivity contribution in [2.24, 2.45) is 5.10 Å². The van der Waals surface area contributed by atoms with Gasteiger partial charge in [0.1, 0.15) is 5.75 Å². The molecule has 1 fully saturated rings. The highest BCUT2D eigenvalue weighted by Gasteiger charge is 2.13. The number of hydrogen-bond donors (Lipinski definition) is 1. The Bertz CT molecular complexity index is 516. The van der Waals surface area contributed by atoms with Gasteiger partial charge < -0.3 is 9.47 Å². The number of carbonyl (C=O) groups excluding carboxylic acids is 1. The van der Waals surface area contributed by atoms with Gasteiger partial charge in [-0.25, -0.2) is 5.43 Å². The van der Waals surface area contributed by atoms with Crippen LogP contribution >= 0.6 is 15.9 Å². The Balaban J connectivity index is 1.81. The predicted octanol–water partition coefficient (Wildman–Crippen LogP) is 1.24. The lowest BCUT2D eigenvalue weighted by molar-refractivity contribution is -0.123. The summed E-state index contributed by atoms with van der Waals surface area (Å²) in [4.78, 5) is 13.8. The number of hydrazone groups is 1. The highest BCUT2D eigenvalue weighted by molar-refractivity contribution is 9.10. The van der Waals surface area contributed by atoms with Gasteiger partial charge in [0.05, 0.1) is 37.6 Å². The van der Waals surface area contributed by atoms with Crippen LogP contribution in [0.4, 0.5) is 0 Å². The molecule has 1 aliphatic heterocycles. The van der Waals surface area contributed by atoms with Crippen molar-refractivity contribution in [2.75, 3.05) is 40.0 Å². The zero-order valence-electron chi connectivity index (χ0n) is 11.8. The number of ether oxygens (including phenoxy) is 2. The van der Waals surface area contributed by atoms with E-state index >= 15 is 0 Å². The van der Waals surface area contributed by atoms with Gasteiger partial charge in [-0.15, -0.1) is 0 Å². The molecule has 0 aliphatic carbocycles. The Labute approximate surface area is 132 Å². The second-order valence-corrected chi connectivity index (χ2v) is 5.43. The van der Waals surface area contributed by atoms with Gasteiger partial charge in [0.15, 0.2) is 0 Å². The minimum atomic E-state index is -0.124. The number of amides is 1. The fourth-order valence-electron chi connectivity index (χ4n) is 1.94. The Morgan fingerprint density at radius 2 is 2.29 bits per heavy atom. The molecule has 0 radical (unpaired) electrons. The van der Waals surface area contributed by atoms with Gasteiger partial charge in [0.2, 0.25) is 0 Å². The summed E-state index contributed by atoms with van der Waals surface area (Å²) >= 11 is 3.40. The van der Waals surface area contributed by atoms with Crippen molar-refractivity contribution >= 4 is 28.1 Å². The number of methoxy groups -OCH3 is 1. The average molecular weight is 356 g/mol. The molecule has 0 bridgehead atoms. The maximum absolute atomic E-state index is 11.7. The maximum atomic E-state index is 11.7. The molecular weight excluding hydrogens is 338 g/mol. The number of nitrogens with zero attached hydrogens (tertiary/aromatic N) is 2. The number of benzene rings is 1. The van der Waals surface area contributed by atoms with Gasteiger partial charge in [-0.2, -0.15) is 5.10 Å². The lowest BCUT2D eigenvalue weighted by Gasteiger charge is -2.25. The van der Waals surface area contributed by atoms with Crippen molar-refractivity contribution in [1.82, 2.24) is 10.3 Å². The standard InChI is InChI=1S/C14H18BrN3O3/c1-20-13-3-2-11(8-12(13)15)9-16-17-14(19)10-18-4-6-21-7-5-18/h2-3,8-9H,4-7,10H2,1H3,(H,17,19)/b16-9-. The zero-order chi connectivity index (χ0) is 15.1.